The van der Waals surface area contributed by atoms with Crippen molar-refractivity contribution in [1.29, 1.82) is 0 Å². The van der Waals surface area contributed by atoms with Gasteiger partial charge in [-0.1, -0.05) is 38.5 Å². The molecule has 6 N–H and O–H groups in total. The van der Waals surface area contributed by atoms with Gasteiger partial charge in [-0.05, 0) is 61.4 Å². The van der Waals surface area contributed by atoms with Crippen LogP contribution in [0.2, 0.25) is 0 Å². The number of rotatable bonds is 15. The van der Waals surface area contributed by atoms with Crippen LogP contribution in [-0.2, 0) is 0 Å². The fourth-order valence-electron chi connectivity index (χ4n) is 4.67. The highest BCUT2D eigenvalue weighted by molar-refractivity contribution is 6.01. The second kappa shape index (κ2) is 19.6. The number of carbonyl (C=O) groups excluding carboxylic acids is 2. The number of hydrogen-bond donors (Lipinski definition) is 6. The molecule has 2 aliphatic heterocycles. The molecule has 10 nitrogen and oxygen atoms in total. The zero-order valence-corrected chi connectivity index (χ0v) is 25.7. The number of benzene rings is 2. The van der Waals surface area contributed by atoms with E-state index in [4.69, 9.17) is 0 Å². The van der Waals surface area contributed by atoms with E-state index in [1.807, 2.05) is 48.5 Å². The molecule has 0 aromatic heterocycles. The lowest BCUT2D eigenvalue weighted by molar-refractivity contribution is 0.251. The monoisotopic (exact) mass is 618 g/mol. The Balaban J connectivity index is 0.00000308. The molecule has 0 radical (unpaired) electrons. The minimum Gasteiger partial charge on any atom is -0.368 e. The zero-order chi connectivity index (χ0) is 27.8. The van der Waals surface area contributed by atoms with Gasteiger partial charge in [0.25, 0.3) is 0 Å². The third-order valence-corrected chi connectivity index (χ3v) is 6.86. The fourth-order valence-corrected chi connectivity index (χ4v) is 4.67. The fraction of sp³-hybridized carbons (Fsp3) is 0.467. The second-order valence-electron chi connectivity index (χ2n) is 10.1. The van der Waals surface area contributed by atoms with E-state index >= 15 is 0 Å². The van der Waals surface area contributed by atoms with Crippen LogP contribution in [0.3, 0.4) is 0 Å². The van der Waals surface area contributed by atoms with Crippen LogP contribution < -0.4 is 31.9 Å². The molecule has 0 unspecified atom stereocenters. The minimum absolute atomic E-state index is 0. The van der Waals surface area contributed by atoms with Gasteiger partial charge in [-0.15, -0.1) is 24.8 Å². The number of unbranched alkanes of at least 4 members (excludes halogenated alkanes) is 7. The van der Waals surface area contributed by atoms with Gasteiger partial charge in [0, 0.05) is 48.7 Å². The molecule has 0 atom stereocenters. The maximum Gasteiger partial charge on any atom is 0.319 e. The number of nitrogens with one attached hydrogen (secondary N) is 6. The van der Waals surface area contributed by atoms with Gasteiger partial charge in [0.1, 0.15) is 11.7 Å². The van der Waals surface area contributed by atoms with E-state index in [1.165, 1.54) is 25.7 Å². The largest absolute Gasteiger partial charge is 0.368 e. The highest BCUT2D eigenvalue weighted by Gasteiger charge is 2.09. The molecular weight excluding hydrogens is 575 g/mol. The van der Waals surface area contributed by atoms with Gasteiger partial charge in [0.2, 0.25) is 0 Å². The second-order valence-corrected chi connectivity index (χ2v) is 10.1. The Hall–Kier alpha value is -3.50. The van der Waals surface area contributed by atoms with Gasteiger partial charge in [0.15, 0.2) is 0 Å². The van der Waals surface area contributed by atoms with E-state index in [-0.39, 0.29) is 36.9 Å². The van der Waals surface area contributed by atoms with Crippen molar-refractivity contribution in [3.05, 3.63) is 59.7 Å². The lowest BCUT2D eigenvalue weighted by Gasteiger charge is -2.09. The average Bonchev–Trinajstić information content (AvgIpc) is 3.70. The Morgan fingerprint density at radius 2 is 0.929 bits per heavy atom. The number of aliphatic imine (C=N–C) groups is 2. The number of amidine groups is 2. The van der Waals surface area contributed by atoms with Crippen molar-refractivity contribution in [1.82, 2.24) is 21.3 Å². The summed E-state index contributed by atoms with van der Waals surface area (Å²) in [6.45, 7) is 4.73. The first kappa shape index (κ1) is 34.7. The lowest BCUT2D eigenvalue weighted by atomic mass is 10.1. The normalized spacial score (nSPS) is 13.3. The Kier molecular flexibility index (Phi) is 16.2. The van der Waals surface area contributed by atoms with Crippen LogP contribution in [0.5, 0.6) is 0 Å². The number of halogens is 2. The van der Waals surface area contributed by atoms with E-state index in [1.54, 1.807) is 0 Å². The first-order valence-electron chi connectivity index (χ1n) is 14.5. The molecule has 230 valence electrons. The van der Waals surface area contributed by atoms with Crippen LogP contribution in [0.15, 0.2) is 58.5 Å². The highest BCUT2D eigenvalue weighted by atomic mass is 35.5. The first-order valence-corrected chi connectivity index (χ1v) is 14.5. The molecular formula is C30H44Cl2N8O2. The van der Waals surface area contributed by atoms with Crippen LogP contribution >= 0.6 is 24.8 Å². The number of urea groups is 2. The van der Waals surface area contributed by atoms with E-state index in [2.05, 4.69) is 41.9 Å². The van der Waals surface area contributed by atoms with Crippen molar-refractivity contribution in [2.24, 2.45) is 9.98 Å². The molecule has 12 heteroatoms. The van der Waals surface area contributed by atoms with Crippen LogP contribution in [0.4, 0.5) is 21.0 Å². The van der Waals surface area contributed by atoms with E-state index in [9.17, 15) is 9.59 Å². The summed E-state index contributed by atoms with van der Waals surface area (Å²) in [5.41, 5.74) is 3.62. The standard InChI is InChI=1S/C30H42N8O2.2ClH/c39-29(37-25-13-9-23(10-14-25)27-31-19-20-32-27)35-17-7-5-3-1-2-4-6-8-18-36-30(40)38-26-15-11-24(12-16-26)28-33-21-22-34-28;;/h9-16H,1-8,17-22H2,(H,31,32)(H,33,34)(H2,35,37,39)(H2,36,38,40);2*1H. The molecule has 2 aromatic rings. The summed E-state index contributed by atoms with van der Waals surface area (Å²) in [6, 6.07) is 15.1. The molecule has 0 saturated heterocycles. The number of carbonyl (C=O) groups is 2. The van der Waals surface area contributed by atoms with Crippen molar-refractivity contribution >= 4 is 59.9 Å². The number of amides is 4. The Bertz CT molecular complexity index is 1070. The van der Waals surface area contributed by atoms with Crippen molar-refractivity contribution in [3.63, 3.8) is 0 Å². The Morgan fingerprint density at radius 1 is 0.571 bits per heavy atom. The van der Waals surface area contributed by atoms with Gasteiger partial charge in [-0.3, -0.25) is 9.98 Å². The summed E-state index contributed by atoms with van der Waals surface area (Å²) >= 11 is 0. The molecule has 0 aliphatic carbocycles. The number of hydrogen-bond acceptors (Lipinski definition) is 6. The lowest BCUT2D eigenvalue weighted by Crippen LogP contribution is -2.29. The molecule has 4 amide bonds. The van der Waals surface area contributed by atoms with Gasteiger partial charge in [-0.25, -0.2) is 9.59 Å². The Morgan fingerprint density at radius 3 is 1.26 bits per heavy atom. The maximum atomic E-state index is 12.1. The average molecular weight is 620 g/mol. The summed E-state index contributed by atoms with van der Waals surface area (Å²) < 4.78 is 0. The number of nitrogens with zero attached hydrogens (tertiary/aromatic N) is 2. The minimum atomic E-state index is -0.170. The Labute approximate surface area is 261 Å². The third-order valence-electron chi connectivity index (χ3n) is 6.86. The van der Waals surface area contributed by atoms with Crippen LogP contribution in [0.1, 0.15) is 62.5 Å². The zero-order valence-electron chi connectivity index (χ0n) is 24.0. The topological polar surface area (TPSA) is 131 Å². The maximum absolute atomic E-state index is 12.1. The van der Waals surface area contributed by atoms with Gasteiger partial charge < -0.3 is 31.9 Å². The molecule has 0 bridgehead atoms. The molecule has 2 aliphatic rings. The van der Waals surface area contributed by atoms with Gasteiger partial charge >= 0.3 is 12.1 Å². The summed E-state index contributed by atoms with van der Waals surface area (Å²) in [7, 11) is 0. The molecule has 4 rings (SSSR count). The molecule has 42 heavy (non-hydrogen) atoms. The molecule has 0 spiro atoms. The third kappa shape index (κ3) is 12.2. The van der Waals surface area contributed by atoms with E-state index in [0.717, 1.165) is 86.0 Å². The van der Waals surface area contributed by atoms with Crippen molar-refractivity contribution < 1.29 is 9.59 Å². The van der Waals surface area contributed by atoms with Crippen molar-refractivity contribution in [2.75, 3.05) is 49.9 Å². The summed E-state index contributed by atoms with van der Waals surface area (Å²) in [6.07, 6.45) is 8.91. The quantitative estimate of drug-likeness (QED) is 0.151. The van der Waals surface area contributed by atoms with Gasteiger partial charge in [0.05, 0.1) is 13.1 Å². The molecule has 0 saturated carbocycles. The van der Waals surface area contributed by atoms with Crippen molar-refractivity contribution in [3.8, 4) is 0 Å². The summed E-state index contributed by atoms with van der Waals surface area (Å²) in [5.74, 6) is 1.83. The van der Waals surface area contributed by atoms with Gasteiger partial charge in [-0.2, -0.15) is 0 Å². The SMILES string of the molecule is Cl.Cl.O=C(NCCCCCCCCCCNC(=O)Nc1ccc(C2=NCCN2)cc1)Nc1ccc(C2=NCCN2)cc1. The first-order chi connectivity index (χ1) is 19.7. The summed E-state index contributed by atoms with van der Waals surface area (Å²) in [4.78, 5) is 33.0. The highest BCUT2D eigenvalue weighted by Crippen LogP contribution is 2.13. The smallest absolute Gasteiger partial charge is 0.319 e. The molecule has 2 aromatic carbocycles. The number of anilines is 2. The molecule has 2 heterocycles. The molecule has 0 fully saturated rings. The van der Waals surface area contributed by atoms with E-state index < -0.39 is 0 Å². The van der Waals surface area contributed by atoms with Crippen LogP contribution in [0.25, 0.3) is 0 Å². The van der Waals surface area contributed by atoms with Crippen molar-refractivity contribution in [2.45, 2.75) is 51.4 Å². The van der Waals surface area contributed by atoms with Crippen LogP contribution in [-0.4, -0.2) is 63.0 Å². The van der Waals surface area contributed by atoms with Crippen LogP contribution in [0, 0.1) is 0 Å². The van der Waals surface area contributed by atoms with E-state index in [0.29, 0.717) is 13.1 Å². The predicted molar refractivity (Wildman–Crippen MR) is 177 cm³/mol. The predicted octanol–water partition coefficient (Wildman–Crippen LogP) is 5.29. The summed E-state index contributed by atoms with van der Waals surface area (Å²) in [5, 5.41) is 18.1.